The Bertz CT molecular complexity index is 519. The number of hydrogen-bond acceptors (Lipinski definition) is 6. The quantitative estimate of drug-likeness (QED) is 0.656. The average molecular weight is 386 g/mol. The van der Waals surface area contributed by atoms with Gasteiger partial charge < -0.3 is 30.3 Å². The molecule has 0 radical (unpaired) electrons. The van der Waals surface area contributed by atoms with Crippen molar-refractivity contribution < 1.29 is 23.9 Å². The van der Waals surface area contributed by atoms with Gasteiger partial charge in [0, 0.05) is 32.7 Å². The summed E-state index contributed by atoms with van der Waals surface area (Å²) in [7, 11) is 0. The summed E-state index contributed by atoms with van der Waals surface area (Å²) in [6, 6.07) is -0.784. The van der Waals surface area contributed by atoms with E-state index in [9.17, 15) is 14.4 Å². The van der Waals surface area contributed by atoms with Crippen LogP contribution in [0.2, 0.25) is 0 Å². The lowest BCUT2D eigenvalue weighted by Gasteiger charge is -2.31. The fourth-order valence-corrected chi connectivity index (χ4v) is 2.45. The second-order valence-electron chi connectivity index (χ2n) is 8.49. The number of rotatable bonds is 5. The molecule has 3 N–H and O–H groups in total. The molecular weight excluding hydrogens is 352 g/mol. The Balaban J connectivity index is 2.65. The van der Waals surface area contributed by atoms with E-state index in [2.05, 4.69) is 16.0 Å². The molecule has 9 heteroatoms. The van der Waals surface area contributed by atoms with Gasteiger partial charge in [0.15, 0.2) is 0 Å². The van der Waals surface area contributed by atoms with Crippen molar-refractivity contribution in [2.45, 2.75) is 65.2 Å². The second kappa shape index (κ2) is 9.77. The average Bonchev–Trinajstić information content (AvgIpc) is 2.50. The maximum atomic E-state index is 12.8. The number of nitrogens with zero attached hydrogens (tertiary/aromatic N) is 1. The molecule has 0 aliphatic carbocycles. The first-order valence-corrected chi connectivity index (χ1v) is 9.33. The highest BCUT2D eigenvalue weighted by Gasteiger charge is 2.29. The molecule has 0 bridgehead atoms. The molecular formula is C18H34N4O5. The molecule has 1 rings (SSSR count). The largest absolute Gasteiger partial charge is 0.444 e. The number of piperazine rings is 1. The molecule has 0 aromatic heterocycles. The Hall–Kier alpha value is -2.03. The van der Waals surface area contributed by atoms with E-state index in [0.717, 1.165) is 0 Å². The van der Waals surface area contributed by atoms with Crippen molar-refractivity contribution in [2.24, 2.45) is 0 Å². The fraction of sp³-hybridized carbons (Fsp3) is 0.833. The van der Waals surface area contributed by atoms with E-state index in [1.54, 1.807) is 46.4 Å². The van der Waals surface area contributed by atoms with E-state index in [1.807, 2.05) is 0 Å². The van der Waals surface area contributed by atoms with Gasteiger partial charge in [0.25, 0.3) is 0 Å². The molecule has 1 fully saturated rings. The zero-order valence-electron chi connectivity index (χ0n) is 17.3. The van der Waals surface area contributed by atoms with Crippen molar-refractivity contribution in [3.05, 3.63) is 0 Å². The smallest absolute Gasteiger partial charge is 0.408 e. The Kier molecular flexibility index (Phi) is 8.33. The first-order valence-electron chi connectivity index (χ1n) is 9.33. The van der Waals surface area contributed by atoms with Crippen molar-refractivity contribution in [1.29, 1.82) is 0 Å². The zero-order valence-corrected chi connectivity index (χ0v) is 17.3. The lowest BCUT2D eigenvalue weighted by atomic mass is 10.1. The molecule has 0 saturated carbocycles. The van der Waals surface area contributed by atoms with Crippen LogP contribution in [0.3, 0.4) is 0 Å². The van der Waals surface area contributed by atoms with Crippen LogP contribution in [-0.4, -0.2) is 73.0 Å². The maximum Gasteiger partial charge on any atom is 0.408 e. The summed E-state index contributed by atoms with van der Waals surface area (Å²) in [5, 5.41) is 8.42. The molecule has 0 aromatic carbocycles. The molecule has 156 valence electrons. The Morgan fingerprint density at radius 1 is 0.963 bits per heavy atom. The molecule has 27 heavy (non-hydrogen) atoms. The van der Waals surface area contributed by atoms with Crippen LogP contribution in [0.5, 0.6) is 0 Å². The van der Waals surface area contributed by atoms with Gasteiger partial charge in [-0.1, -0.05) is 0 Å². The standard InChI is InChI=1S/C18H34N4O5/c1-17(2,3)26-15(24)20-8-7-13(21-16(25)27-18(4,5)6)14(23)22-11-9-19-10-12-22/h13,19H,7-12H2,1-6H3,(H,20,24)(H,21,25)/t13-/m0/s1. The van der Waals surface area contributed by atoms with Crippen LogP contribution in [0.15, 0.2) is 0 Å². The molecule has 1 atom stereocenters. The van der Waals surface area contributed by atoms with E-state index in [-0.39, 0.29) is 18.9 Å². The van der Waals surface area contributed by atoms with Crippen LogP contribution >= 0.6 is 0 Å². The second-order valence-corrected chi connectivity index (χ2v) is 8.49. The number of carbonyl (C=O) groups excluding carboxylic acids is 3. The topological polar surface area (TPSA) is 109 Å². The molecule has 1 aliphatic rings. The van der Waals surface area contributed by atoms with E-state index < -0.39 is 29.4 Å². The maximum absolute atomic E-state index is 12.8. The summed E-state index contributed by atoms with van der Waals surface area (Å²) in [6.45, 7) is 13.3. The van der Waals surface area contributed by atoms with Crippen molar-refractivity contribution in [1.82, 2.24) is 20.9 Å². The minimum absolute atomic E-state index is 0.187. The van der Waals surface area contributed by atoms with Gasteiger partial charge in [-0.3, -0.25) is 4.79 Å². The minimum atomic E-state index is -0.784. The van der Waals surface area contributed by atoms with Gasteiger partial charge in [-0.2, -0.15) is 0 Å². The SMILES string of the molecule is CC(C)(C)OC(=O)NCC[C@H](NC(=O)OC(C)(C)C)C(=O)N1CCNCC1. The molecule has 1 saturated heterocycles. The zero-order chi connectivity index (χ0) is 20.7. The predicted molar refractivity (Wildman–Crippen MR) is 101 cm³/mol. The number of alkyl carbamates (subject to hydrolysis) is 2. The Morgan fingerprint density at radius 2 is 1.48 bits per heavy atom. The van der Waals surface area contributed by atoms with Gasteiger partial charge in [-0.25, -0.2) is 9.59 Å². The van der Waals surface area contributed by atoms with Crippen LogP contribution in [0.25, 0.3) is 0 Å². The van der Waals surface area contributed by atoms with E-state index in [4.69, 9.17) is 9.47 Å². The van der Waals surface area contributed by atoms with Gasteiger partial charge in [0.2, 0.25) is 5.91 Å². The highest BCUT2D eigenvalue weighted by atomic mass is 16.6. The molecule has 0 spiro atoms. The van der Waals surface area contributed by atoms with Crippen LogP contribution in [-0.2, 0) is 14.3 Å². The lowest BCUT2D eigenvalue weighted by Crippen LogP contribution is -2.55. The Labute approximate surface area is 161 Å². The molecule has 0 aromatic rings. The van der Waals surface area contributed by atoms with E-state index >= 15 is 0 Å². The highest BCUT2D eigenvalue weighted by molar-refractivity contribution is 5.86. The number of ether oxygens (including phenoxy) is 2. The van der Waals surface area contributed by atoms with Crippen molar-refractivity contribution in [3.8, 4) is 0 Å². The monoisotopic (exact) mass is 386 g/mol. The summed E-state index contributed by atoms with van der Waals surface area (Å²) in [5.41, 5.74) is -1.27. The van der Waals surface area contributed by atoms with Gasteiger partial charge in [-0.05, 0) is 48.0 Å². The first kappa shape index (κ1) is 23.0. The first-order chi connectivity index (χ1) is 12.4. The molecule has 1 aliphatic heterocycles. The predicted octanol–water partition coefficient (Wildman–Crippen LogP) is 1.23. The summed E-state index contributed by atoms with van der Waals surface area (Å²) in [6.07, 6.45) is -0.984. The van der Waals surface area contributed by atoms with E-state index in [1.165, 1.54) is 0 Å². The molecule has 0 unspecified atom stereocenters. The lowest BCUT2D eigenvalue weighted by molar-refractivity contribution is -0.134. The van der Waals surface area contributed by atoms with Crippen LogP contribution in [0.1, 0.15) is 48.0 Å². The third-order valence-corrected chi connectivity index (χ3v) is 3.52. The minimum Gasteiger partial charge on any atom is -0.444 e. The third-order valence-electron chi connectivity index (χ3n) is 3.52. The summed E-state index contributed by atoms with van der Waals surface area (Å²) < 4.78 is 10.4. The fourth-order valence-electron chi connectivity index (χ4n) is 2.45. The summed E-state index contributed by atoms with van der Waals surface area (Å²) in [5.74, 6) is -0.187. The summed E-state index contributed by atoms with van der Waals surface area (Å²) >= 11 is 0. The molecule has 9 nitrogen and oxygen atoms in total. The third kappa shape index (κ3) is 10.0. The number of nitrogens with one attached hydrogen (secondary N) is 3. The summed E-state index contributed by atoms with van der Waals surface area (Å²) in [4.78, 5) is 38.4. The number of carbonyl (C=O) groups is 3. The molecule has 3 amide bonds. The van der Waals surface area contributed by atoms with E-state index in [0.29, 0.717) is 26.2 Å². The normalized spacial score (nSPS) is 16.3. The van der Waals surface area contributed by atoms with Crippen LogP contribution in [0.4, 0.5) is 9.59 Å². The van der Waals surface area contributed by atoms with Crippen LogP contribution < -0.4 is 16.0 Å². The van der Waals surface area contributed by atoms with Gasteiger partial charge in [0.1, 0.15) is 17.2 Å². The van der Waals surface area contributed by atoms with Crippen LogP contribution in [0, 0.1) is 0 Å². The number of hydrogen-bond donors (Lipinski definition) is 3. The Morgan fingerprint density at radius 3 is 2.00 bits per heavy atom. The van der Waals surface area contributed by atoms with Gasteiger partial charge in [0.05, 0.1) is 0 Å². The van der Waals surface area contributed by atoms with Crippen molar-refractivity contribution in [3.63, 3.8) is 0 Å². The number of amides is 3. The highest BCUT2D eigenvalue weighted by Crippen LogP contribution is 2.09. The molecule has 1 heterocycles. The van der Waals surface area contributed by atoms with Gasteiger partial charge in [-0.15, -0.1) is 0 Å². The van der Waals surface area contributed by atoms with Gasteiger partial charge >= 0.3 is 12.2 Å². The van der Waals surface area contributed by atoms with Crippen molar-refractivity contribution >= 4 is 18.1 Å². The van der Waals surface area contributed by atoms with Crippen molar-refractivity contribution in [2.75, 3.05) is 32.7 Å².